The van der Waals surface area contributed by atoms with Gasteiger partial charge in [-0.3, -0.25) is 4.79 Å². The minimum Gasteiger partial charge on any atom is -0.376 e. The van der Waals surface area contributed by atoms with E-state index in [1.807, 2.05) is 44.1 Å². The van der Waals surface area contributed by atoms with Crippen molar-refractivity contribution in [1.82, 2.24) is 0 Å². The number of rotatable bonds is 5. The molecule has 100 valence electrons. The van der Waals surface area contributed by atoms with Crippen LogP contribution in [0.3, 0.4) is 0 Å². The molecular weight excluding hydrogens is 294 g/mol. The van der Waals surface area contributed by atoms with Crippen LogP contribution in [0.5, 0.6) is 0 Å². The van der Waals surface area contributed by atoms with Gasteiger partial charge < -0.3 is 16.0 Å². The van der Waals surface area contributed by atoms with Gasteiger partial charge in [0.1, 0.15) is 0 Å². The lowest BCUT2D eigenvalue weighted by molar-refractivity contribution is -0.116. The van der Waals surface area contributed by atoms with Crippen LogP contribution in [-0.4, -0.2) is 26.5 Å². The van der Waals surface area contributed by atoms with Crippen LogP contribution in [0.2, 0.25) is 0 Å². The van der Waals surface area contributed by atoms with Crippen LogP contribution in [0.4, 0.5) is 11.4 Å². The maximum atomic E-state index is 11.9. The Balaban J connectivity index is 2.82. The molecular formula is C13H20BrN3O. The van der Waals surface area contributed by atoms with E-state index in [-0.39, 0.29) is 11.8 Å². The first-order chi connectivity index (χ1) is 8.43. The molecule has 0 aromatic heterocycles. The summed E-state index contributed by atoms with van der Waals surface area (Å²) < 4.78 is 0.940. The Morgan fingerprint density at radius 2 is 2.17 bits per heavy atom. The lowest BCUT2D eigenvalue weighted by atomic mass is 10.1. The van der Waals surface area contributed by atoms with Crippen molar-refractivity contribution in [3.63, 3.8) is 0 Å². The number of halogens is 1. The van der Waals surface area contributed by atoms with E-state index in [0.29, 0.717) is 13.0 Å². The van der Waals surface area contributed by atoms with Crippen molar-refractivity contribution in [1.29, 1.82) is 0 Å². The average Bonchev–Trinajstić information content (AvgIpc) is 2.28. The first-order valence-corrected chi connectivity index (χ1v) is 6.70. The van der Waals surface area contributed by atoms with E-state index in [0.717, 1.165) is 15.8 Å². The van der Waals surface area contributed by atoms with E-state index in [1.54, 1.807) is 0 Å². The maximum absolute atomic E-state index is 11.9. The van der Waals surface area contributed by atoms with E-state index < -0.39 is 0 Å². The van der Waals surface area contributed by atoms with E-state index in [4.69, 9.17) is 5.73 Å². The highest BCUT2D eigenvalue weighted by Gasteiger charge is 2.11. The van der Waals surface area contributed by atoms with Gasteiger partial charge in [-0.15, -0.1) is 0 Å². The van der Waals surface area contributed by atoms with Gasteiger partial charge in [-0.25, -0.2) is 0 Å². The second-order valence-corrected chi connectivity index (χ2v) is 5.56. The summed E-state index contributed by atoms with van der Waals surface area (Å²) >= 11 is 3.41. The molecule has 0 heterocycles. The second kappa shape index (κ2) is 6.75. The number of nitrogens with one attached hydrogen (secondary N) is 1. The van der Waals surface area contributed by atoms with E-state index in [2.05, 4.69) is 21.2 Å². The zero-order valence-corrected chi connectivity index (χ0v) is 12.6. The van der Waals surface area contributed by atoms with Crippen molar-refractivity contribution in [2.24, 2.45) is 11.7 Å². The number of nitrogens with zero attached hydrogens (tertiary/aromatic N) is 1. The Morgan fingerprint density at radius 1 is 1.50 bits per heavy atom. The summed E-state index contributed by atoms with van der Waals surface area (Å²) in [5.41, 5.74) is 7.31. The average molecular weight is 314 g/mol. The topological polar surface area (TPSA) is 58.4 Å². The highest BCUT2D eigenvalue weighted by atomic mass is 79.9. The van der Waals surface area contributed by atoms with Gasteiger partial charge in [0, 0.05) is 25.0 Å². The SMILES string of the molecule is CC(CN)CC(=O)Nc1cc(Br)ccc1N(C)C. The fourth-order valence-electron chi connectivity index (χ4n) is 1.60. The zero-order chi connectivity index (χ0) is 13.7. The number of carbonyl (C=O) groups excluding carboxylic acids is 1. The number of benzene rings is 1. The molecule has 0 saturated carbocycles. The molecule has 1 unspecified atom stereocenters. The number of anilines is 2. The summed E-state index contributed by atoms with van der Waals surface area (Å²) in [4.78, 5) is 13.8. The summed E-state index contributed by atoms with van der Waals surface area (Å²) in [6.07, 6.45) is 0.440. The van der Waals surface area contributed by atoms with Crippen molar-refractivity contribution in [2.45, 2.75) is 13.3 Å². The molecule has 0 fully saturated rings. The summed E-state index contributed by atoms with van der Waals surface area (Å²) in [7, 11) is 3.89. The van der Waals surface area contributed by atoms with Crippen molar-refractivity contribution < 1.29 is 4.79 Å². The quantitative estimate of drug-likeness (QED) is 0.877. The van der Waals surface area contributed by atoms with Crippen LogP contribution < -0.4 is 16.0 Å². The highest BCUT2D eigenvalue weighted by Crippen LogP contribution is 2.28. The Bertz CT molecular complexity index is 421. The van der Waals surface area contributed by atoms with E-state index in [9.17, 15) is 4.79 Å². The van der Waals surface area contributed by atoms with Crippen LogP contribution in [-0.2, 0) is 4.79 Å². The van der Waals surface area contributed by atoms with Crippen LogP contribution in [0, 0.1) is 5.92 Å². The fourth-order valence-corrected chi connectivity index (χ4v) is 1.96. The van der Waals surface area contributed by atoms with Crippen LogP contribution in [0.15, 0.2) is 22.7 Å². The molecule has 3 N–H and O–H groups in total. The molecule has 18 heavy (non-hydrogen) atoms. The summed E-state index contributed by atoms with van der Waals surface area (Å²) in [6, 6.07) is 5.82. The molecule has 0 radical (unpaired) electrons. The predicted molar refractivity (Wildman–Crippen MR) is 79.9 cm³/mol. The molecule has 4 nitrogen and oxygen atoms in total. The Kier molecular flexibility index (Phi) is 5.62. The van der Waals surface area contributed by atoms with E-state index in [1.165, 1.54) is 0 Å². The first-order valence-electron chi connectivity index (χ1n) is 5.90. The van der Waals surface area contributed by atoms with Crippen molar-refractivity contribution in [3.05, 3.63) is 22.7 Å². The van der Waals surface area contributed by atoms with Crippen LogP contribution in [0.25, 0.3) is 0 Å². The van der Waals surface area contributed by atoms with Gasteiger partial charge >= 0.3 is 0 Å². The van der Waals surface area contributed by atoms with Gasteiger partial charge in [-0.1, -0.05) is 22.9 Å². The summed E-state index contributed by atoms with van der Waals surface area (Å²) in [5.74, 6) is 0.189. The lowest BCUT2D eigenvalue weighted by Crippen LogP contribution is -2.21. The molecule has 1 aromatic rings. The molecule has 0 saturated heterocycles. The molecule has 1 aromatic carbocycles. The third kappa shape index (κ3) is 4.31. The monoisotopic (exact) mass is 313 g/mol. The molecule has 1 rings (SSSR count). The third-order valence-corrected chi connectivity index (χ3v) is 3.14. The second-order valence-electron chi connectivity index (χ2n) is 4.65. The first kappa shape index (κ1) is 15.0. The molecule has 0 aliphatic carbocycles. The minimum absolute atomic E-state index is 0.00542. The van der Waals surface area contributed by atoms with Gasteiger partial charge in [-0.05, 0) is 30.7 Å². The van der Waals surface area contributed by atoms with Gasteiger partial charge in [-0.2, -0.15) is 0 Å². The molecule has 0 aliphatic heterocycles. The standard InChI is InChI=1S/C13H20BrN3O/c1-9(8-15)6-13(18)16-11-7-10(14)4-5-12(11)17(2)3/h4-5,7,9H,6,8,15H2,1-3H3,(H,16,18). The molecule has 0 bridgehead atoms. The summed E-state index contributed by atoms with van der Waals surface area (Å²) in [5, 5.41) is 2.93. The molecule has 1 amide bonds. The van der Waals surface area contributed by atoms with Crippen LogP contribution >= 0.6 is 15.9 Å². The Labute approximate surface area is 117 Å². The number of hydrogen-bond acceptors (Lipinski definition) is 3. The number of hydrogen-bond donors (Lipinski definition) is 2. The molecule has 1 atom stereocenters. The van der Waals surface area contributed by atoms with E-state index >= 15 is 0 Å². The van der Waals surface area contributed by atoms with Crippen molar-refractivity contribution in [3.8, 4) is 0 Å². The van der Waals surface area contributed by atoms with Crippen molar-refractivity contribution in [2.75, 3.05) is 30.9 Å². The van der Waals surface area contributed by atoms with Crippen molar-refractivity contribution >= 4 is 33.2 Å². The Hall–Kier alpha value is -1.07. The normalized spacial score (nSPS) is 12.1. The van der Waals surface area contributed by atoms with Gasteiger partial charge in [0.25, 0.3) is 0 Å². The summed E-state index contributed by atoms with van der Waals surface area (Å²) in [6.45, 7) is 2.49. The number of carbonyl (C=O) groups is 1. The Morgan fingerprint density at radius 3 is 2.72 bits per heavy atom. The predicted octanol–water partition coefficient (Wildman–Crippen LogP) is 2.44. The fraction of sp³-hybridized carbons (Fsp3) is 0.462. The third-order valence-electron chi connectivity index (χ3n) is 2.65. The lowest BCUT2D eigenvalue weighted by Gasteiger charge is -2.18. The molecule has 0 spiro atoms. The number of amides is 1. The van der Waals surface area contributed by atoms with Gasteiger partial charge in [0.2, 0.25) is 5.91 Å². The molecule has 5 heteroatoms. The largest absolute Gasteiger partial charge is 0.376 e. The number of nitrogens with two attached hydrogens (primary N) is 1. The van der Waals surface area contributed by atoms with Crippen LogP contribution in [0.1, 0.15) is 13.3 Å². The maximum Gasteiger partial charge on any atom is 0.224 e. The highest BCUT2D eigenvalue weighted by molar-refractivity contribution is 9.10. The zero-order valence-electron chi connectivity index (χ0n) is 11.0. The smallest absolute Gasteiger partial charge is 0.224 e. The van der Waals surface area contributed by atoms with Gasteiger partial charge in [0.05, 0.1) is 11.4 Å². The van der Waals surface area contributed by atoms with Gasteiger partial charge in [0.15, 0.2) is 0 Å². The minimum atomic E-state index is -0.00542. The molecule has 0 aliphatic rings.